The maximum absolute atomic E-state index is 12.4. The van der Waals surface area contributed by atoms with Gasteiger partial charge >= 0.3 is 0 Å². The van der Waals surface area contributed by atoms with E-state index in [1.165, 1.54) is 12.8 Å². The Kier molecular flexibility index (Phi) is 4.05. The number of piperidine rings is 1. The molecule has 0 N–H and O–H groups in total. The molecule has 20 heavy (non-hydrogen) atoms. The van der Waals surface area contributed by atoms with Gasteiger partial charge in [0.1, 0.15) is 6.10 Å². The minimum Gasteiger partial charge on any atom is -0.368 e. The largest absolute Gasteiger partial charge is 0.368 e. The van der Waals surface area contributed by atoms with Crippen LogP contribution in [0.1, 0.15) is 38.6 Å². The van der Waals surface area contributed by atoms with Crippen LogP contribution in [0.5, 0.6) is 0 Å². The van der Waals surface area contributed by atoms with E-state index >= 15 is 0 Å². The molecule has 1 aliphatic heterocycles. The Morgan fingerprint density at radius 3 is 3.00 bits per heavy atom. The van der Waals surface area contributed by atoms with Gasteiger partial charge in [-0.2, -0.15) is 5.10 Å². The molecule has 2 unspecified atom stereocenters. The summed E-state index contributed by atoms with van der Waals surface area (Å²) >= 11 is 0. The van der Waals surface area contributed by atoms with Gasteiger partial charge in [0.25, 0.3) is 5.91 Å². The molecular weight excluding hydrogens is 254 g/mol. The number of aromatic nitrogens is 2. The van der Waals surface area contributed by atoms with E-state index in [0.29, 0.717) is 12.0 Å². The molecule has 1 aliphatic carbocycles. The molecule has 0 radical (unpaired) electrons. The van der Waals surface area contributed by atoms with Crippen LogP contribution in [0.25, 0.3) is 0 Å². The zero-order valence-electron chi connectivity index (χ0n) is 12.1. The van der Waals surface area contributed by atoms with Gasteiger partial charge < -0.3 is 9.64 Å². The van der Waals surface area contributed by atoms with Crippen molar-refractivity contribution in [2.75, 3.05) is 19.7 Å². The Morgan fingerprint density at radius 1 is 1.45 bits per heavy atom. The monoisotopic (exact) mass is 277 g/mol. The first kappa shape index (κ1) is 13.6. The van der Waals surface area contributed by atoms with Crippen LogP contribution in [0.3, 0.4) is 0 Å². The van der Waals surface area contributed by atoms with Crippen molar-refractivity contribution in [2.24, 2.45) is 5.92 Å². The Balaban J connectivity index is 1.53. The molecular formula is C15H23N3O2. The number of hydrogen-bond donors (Lipinski definition) is 0. The van der Waals surface area contributed by atoms with Crippen LogP contribution in [-0.4, -0.2) is 46.4 Å². The number of carbonyl (C=O) groups is 1. The fourth-order valence-electron chi connectivity index (χ4n) is 2.76. The third-order valence-corrected chi connectivity index (χ3v) is 4.23. The molecule has 110 valence electrons. The van der Waals surface area contributed by atoms with Crippen molar-refractivity contribution in [2.45, 2.75) is 44.8 Å². The highest BCUT2D eigenvalue weighted by molar-refractivity contribution is 5.80. The van der Waals surface area contributed by atoms with Crippen LogP contribution in [0, 0.1) is 5.92 Å². The summed E-state index contributed by atoms with van der Waals surface area (Å²) < 4.78 is 7.66. The van der Waals surface area contributed by atoms with Gasteiger partial charge in [0.15, 0.2) is 0 Å². The Morgan fingerprint density at radius 2 is 2.30 bits per heavy atom. The number of rotatable bonds is 5. The van der Waals surface area contributed by atoms with E-state index in [-0.39, 0.29) is 12.0 Å². The summed E-state index contributed by atoms with van der Waals surface area (Å²) in [5, 5.41) is 4.29. The summed E-state index contributed by atoms with van der Waals surface area (Å²) in [6.07, 6.45) is 8.09. The molecule has 1 aromatic heterocycles. The van der Waals surface area contributed by atoms with Crippen LogP contribution >= 0.6 is 0 Å². The van der Waals surface area contributed by atoms with Crippen LogP contribution in [0.4, 0.5) is 0 Å². The summed E-state index contributed by atoms with van der Waals surface area (Å²) in [6, 6.07) is 2.24. The average molecular weight is 277 g/mol. The summed E-state index contributed by atoms with van der Waals surface area (Å²) in [7, 11) is 0. The number of amides is 1. The van der Waals surface area contributed by atoms with Crippen LogP contribution in [0.15, 0.2) is 18.5 Å². The highest BCUT2D eigenvalue weighted by Gasteiger charge is 2.29. The van der Waals surface area contributed by atoms with E-state index in [1.54, 1.807) is 6.20 Å². The van der Waals surface area contributed by atoms with Gasteiger partial charge in [-0.25, -0.2) is 0 Å². The molecule has 3 rings (SSSR count). The maximum Gasteiger partial charge on any atom is 0.251 e. The molecule has 2 atom stereocenters. The van der Waals surface area contributed by atoms with Crippen molar-refractivity contribution in [1.29, 1.82) is 0 Å². The lowest BCUT2D eigenvalue weighted by Crippen LogP contribution is -2.45. The van der Waals surface area contributed by atoms with Crippen molar-refractivity contribution in [3.05, 3.63) is 18.5 Å². The fourth-order valence-corrected chi connectivity index (χ4v) is 2.76. The van der Waals surface area contributed by atoms with E-state index in [0.717, 1.165) is 32.5 Å². The molecule has 1 saturated carbocycles. The molecule has 1 saturated heterocycles. The lowest BCUT2D eigenvalue weighted by atomic mass is 10.1. The highest BCUT2D eigenvalue weighted by atomic mass is 16.5. The number of nitrogens with zero attached hydrogens (tertiary/aromatic N) is 3. The first-order valence-electron chi connectivity index (χ1n) is 7.63. The standard InChI is InChI=1S/C15H23N3O2/c1-12(20-11-13-5-6-13)15(19)17-8-2-4-14(10-17)18-9-3-7-16-18/h3,7,9,12-14H,2,4-6,8,10-11H2,1H3. The number of likely N-dealkylation sites (tertiary alicyclic amines) is 1. The van der Waals surface area contributed by atoms with Crippen molar-refractivity contribution >= 4 is 5.91 Å². The molecule has 0 spiro atoms. The van der Waals surface area contributed by atoms with E-state index in [2.05, 4.69) is 5.10 Å². The van der Waals surface area contributed by atoms with Crippen LogP contribution < -0.4 is 0 Å². The maximum atomic E-state index is 12.4. The van der Waals surface area contributed by atoms with E-state index in [4.69, 9.17) is 4.74 Å². The van der Waals surface area contributed by atoms with E-state index in [9.17, 15) is 4.79 Å². The normalized spacial score (nSPS) is 24.6. The third kappa shape index (κ3) is 3.20. The lowest BCUT2D eigenvalue weighted by molar-refractivity contribution is -0.144. The predicted molar refractivity (Wildman–Crippen MR) is 75.2 cm³/mol. The average Bonchev–Trinajstić information content (AvgIpc) is 3.15. The third-order valence-electron chi connectivity index (χ3n) is 4.23. The molecule has 5 nitrogen and oxygen atoms in total. The zero-order chi connectivity index (χ0) is 13.9. The number of carbonyl (C=O) groups excluding carboxylic acids is 1. The minimum absolute atomic E-state index is 0.127. The molecule has 2 aliphatic rings. The van der Waals surface area contributed by atoms with Crippen molar-refractivity contribution in [3.63, 3.8) is 0 Å². The fraction of sp³-hybridized carbons (Fsp3) is 0.733. The molecule has 2 heterocycles. The Labute approximate surface area is 119 Å². The Bertz CT molecular complexity index is 442. The summed E-state index contributed by atoms with van der Waals surface area (Å²) in [5.74, 6) is 0.825. The second-order valence-corrected chi connectivity index (χ2v) is 5.99. The van der Waals surface area contributed by atoms with Gasteiger partial charge in [-0.15, -0.1) is 0 Å². The summed E-state index contributed by atoms with van der Waals surface area (Å²) in [4.78, 5) is 14.4. The van der Waals surface area contributed by atoms with Crippen molar-refractivity contribution in [1.82, 2.24) is 14.7 Å². The van der Waals surface area contributed by atoms with Crippen LogP contribution in [0.2, 0.25) is 0 Å². The topological polar surface area (TPSA) is 47.4 Å². The van der Waals surface area contributed by atoms with Crippen LogP contribution in [-0.2, 0) is 9.53 Å². The smallest absolute Gasteiger partial charge is 0.251 e. The van der Waals surface area contributed by atoms with E-state index in [1.807, 2.05) is 28.8 Å². The molecule has 5 heteroatoms. The predicted octanol–water partition coefficient (Wildman–Crippen LogP) is 1.86. The van der Waals surface area contributed by atoms with Gasteiger partial charge in [0, 0.05) is 25.5 Å². The first-order chi connectivity index (χ1) is 9.74. The van der Waals surface area contributed by atoms with Crippen molar-refractivity contribution in [3.8, 4) is 0 Å². The quantitative estimate of drug-likeness (QED) is 0.825. The second kappa shape index (κ2) is 5.95. The molecule has 0 bridgehead atoms. The van der Waals surface area contributed by atoms with Gasteiger partial charge in [0.05, 0.1) is 12.6 Å². The minimum atomic E-state index is -0.313. The SMILES string of the molecule is CC(OCC1CC1)C(=O)N1CCCC(n2cccn2)C1. The summed E-state index contributed by atoms with van der Waals surface area (Å²) in [5.41, 5.74) is 0. The summed E-state index contributed by atoms with van der Waals surface area (Å²) in [6.45, 7) is 4.21. The second-order valence-electron chi connectivity index (χ2n) is 5.99. The number of ether oxygens (including phenoxy) is 1. The van der Waals surface area contributed by atoms with Crippen molar-refractivity contribution < 1.29 is 9.53 Å². The zero-order valence-corrected chi connectivity index (χ0v) is 12.1. The van der Waals surface area contributed by atoms with Gasteiger partial charge in [0.2, 0.25) is 0 Å². The highest BCUT2D eigenvalue weighted by Crippen LogP contribution is 2.29. The lowest BCUT2D eigenvalue weighted by Gasteiger charge is -2.34. The number of hydrogen-bond acceptors (Lipinski definition) is 3. The van der Waals surface area contributed by atoms with Gasteiger partial charge in [-0.1, -0.05) is 0 Å². The first-order valence-corrected chi connectivity index (χ1v) is 7.63. The molecule has 1 aromatic rings. The van der Waals surface area contributed by atoms with Gasteiger partial charge in [-0.3, -0.25) is 9.48 Å². The van der Waals surface area contributed by atoms with E-state index < -0.39 is 0 Å². The molecule has 2 fully saturated rings. The molecule has 0 aromatic carbocycles. The Hall–Kier alpha value is -1.36. The molecule has 1 amide bonds. The van der Waals surface area contributed by atoms with Gasteiger partial charge in [-0.05, 0) is 44.6 Å².